The van der Waals surface area contributed by atoms with Gasteiger partial charge in [-0.25, -0.2) is 5.53 Å². The van der Waals surface area contributed by atoms with Gasteiger partial charge in [0.15, 0.2) is 0 Å². The molecule has 0 heterocycles. The Labute approximate surface area is 79.5 Å². The zero-order valence-corrected chi connectivity index (χ0v) is 8.52. The fourth-order valence-electron chi connectivity index (χ4n) is 1.52. The molecule has 1 aromatic carbocycles. The van der Waals surface area contributed by atoms with Gasteiger partial charge in [0.25, 0.3) is 0 Å². The van der Waals surface area contributed by atoms with Crippen molar-refractivity contribution in [3.63, 3.8) is 0 Å². The Morgan fingerprint density at radius 3 is 2.46 bits per heavy atom. The fraction of sp³-hybridized carbons (Fsp3) is 0.455. The highest BCUT2D eigenvalue weighted by atomic mass is 15.0. The second kappa shape index (κ2) is 4.17. The maximum absolute atomic E-state index is 6.98. The molecule has 2 nitrogen and oxygen atoms in total. The summed E-state index contributed by atoms with van der Waals surface area (Å²) < 4.78 is 0. The normalized spacial score (nSPS) is 10.1. The number of nitrogens with zero attached hydrogens (tertiary/aromatic N) is 1. The van der Waals surface area contributed by atoms with E-state index in [1.165, 1.54) is 11.1 Å². The summed E-state index contributed by atoms with van der Waals surface area (Å²) in [7, 11) is 0. The number of benzene rings is 1. The van der Waals surface area contributed by atoms with Gasteiger partial charge in [-0.1, -0.05) is 19.4 Å². The second-order valence-electron chi connectivity index (χ2n) is 3.43. The van der Waals surface area contributed by atoms with Crippen molar-refractivity contribution in [3.8, 4) is 0 Å². The molecule has 2 heteroatoms. The number of hydrogen-bond donors (Lipinski definition) is 1. The molecular weight excluding hydrogens is 160 g/mol. The summed E-state index contributed by atoms with van der Waals surface area (Å²) in [5.41, 5.74) is 11.5. The molecule has 0 aliphatic carbocycles. The lowest BCUT2D eigenvalue weighted by molar-refractivity contribution is 0.910. The van der Waals surface area contributed by atoms with Crippen LogP contribution in [0.5, 0.6) is 0 Å². The van der Waals surface area contributed by atoms with Gasteiger partial charge in [0.05, 0.1) is 5.69 Å². The van der Waals surface area contributed by atoms with E-state index in [-0.39, 0.29) is 0 Å². The van der Waals surface area contributed by atoms with Crippen LogP contribution in [0.3, 0.4) is 0 Å². The first-order chi connectivity index (χ1) is 6.19. The van der Waals surface area contributed by atoms with Crippen molar-refractivity contribution in [1.29, 1.82) is 5.53 Å². The third-order valence-electron chi connectivity index (χ3n) is 2.29. The molecule has 0 amide bonds. The minimum absolute atomic E-state index is 0.789. The van der Waals surface area contributed by atoms with Crippen LogP contribution in [0, 0.1) is 19.4 Å². The lowest BCUT2D eigenvalue weighted by Crippen LogP contribution is -1.89. The molecule has 1 aromatic rings. The molecule has 1 N–H and O–H groups in total. The second-order valence-corrected chi connectivity index (χ2v) is 3.43. The van der Waals surface area contributed by atoms with E-state index in [4.69, 9.17) is 5.53 Å². The monoisotopic (exact) mass is 176 g/mol. The van der Waals surface area contributed by atoms with Crippen LogP contribution in [0.4, 0.5) is 5.69 Å². The molecule has 0 aromatic heterocycles. The lowest BCUT2D eigenvalue weighted by Gasteiger charge is -2.07. The Balaban J connectivity index is 3.12. The summed E-state index contributed by atoms with van der Waals surface area (Å²) in [4.78, 5) is 0. The highest BCUT2D eigenvalue weighted by Gasteiger charge is 2.02. The van der Waals surface area contributed by atoms with Gasteiger partial charge in [-0.2, -0.15) is 5.11 Å². The van der Waals surface area contributed by atoms with Gasteiger partial charge >= 0.3 is 0 Å². The summed E-state index contributed by atoms with van der Waals surface area (Å²) in [5, 5.41) is 3.48. The van der Waals surface area contributed by atoms with Gasteiger partial charge < -0.3 is 0 Å². The molecule has 0 aliphatic rings. The van der Waals surface area contributed by atoms with Gasteiger partial charge in [-0.05, 0) is 43.0 Å². The van der Waals surface area contributed by atoms with Gasteiger partial charge in [-0.3, -0.25) is 0 Å². The molecule has 0 spiro atoms. The Morgan fingerprint density at radius 2 is 1.92 bits per heavy atom. The van der Waals surface area contributed by atoms with E-state index in [0.29, 0.717) is 0 Å². The van der Waals surface area contributed by atoms with Crippen molar-refractivity contribution in [1.82, 2.24) is 0 Å². The van der Waals surface area contributed by atoms with E-state index in [2.05, 4.69) is 25.0 Å². The van der Waals surface area contributed by atoms with Crippen LogP contribution < -0.4 is 0 Å². The van der Waals surface area contributed by atoms with Gasteiger partial charge in [0.1, 0.15) is 0 Å². The van der Waals surface area contributed by atoms with E-state index in [1.807, 2.05) is 13.0 Å². The third-order valence-corrected chi connectivity index (χ3v) is 2.29. The quantitative estimate of drug-likeness (QED) is 0.678. The Kier molecular flexibility index (Phi) is 3.18. The van der Waals surface area contributed by atoms with Crippen LogP contribution >= 0.6 is 0 Å². The molecule has 1 rings (SSSR count). The van der Waals surface area contributed by atoms with Gasteiger partial charge in [0, 0.05) is 0 Å². The number of hydrogen-bond acceptors (Lipinski definition) is 2. The summed E-state index contributed by atoms with van der Waals surface area (Å²) in [6.07, 6.45) is 2.28. The largest absolute Gasteiger partial charge is 0.204 e. The van der Waals surface area contributed by atoms with Crippen molar-refractivity contribution < 1.29 is 0 Å². The fourth-order valence-corrected chi connectivity index (χ4v) is 1.52. The predicted molar refractivity (Wildman–Crippen MR) is 54.7 cm³/mol. The maximum Gasteiger partial charge on any atom is 0.0881 e. The minimum Gasteiger partial charge on any atom is -0.204 e. The molecule has 0 bridgehead atoms. The predicted octanol–water partition coefficient (Wildman–Crippen LogP) is 3.92. The van der Waals surface area contributed by atoms with E-state index in [0.717, 1.165) is 24.1 Å². The average molecular weight is 176 g/mol. The molecule has 0 saturated heterocycles. The lowest BCUT2D eigenvalue weighted by atomic mass is 10.0. The molecule has 0 radical (unpaired) electrons. The zero-order chi connectivity index (χ0) is 9.84. The third kappa shape index (κ3) is 2.14. The number of nitrogens with one attached hydrogen (secondary N) is 1. The van der Waals surface area contributed by atoms with Crippen molar-refractivity contribution in [3.05, 3.63) is 28.8 Å². The van der Waals surface area contributed by atoms with Gasteiger partial charge in [-0.15, -0.1) is 0 Å². The minimum atomic E-state index is 0.789. The highest BCUT2D eigenvalue weighted by Crippen LogP contribution is 2.23. The SMILES string of the molecule is CCCc1cc(C)c(N=N)cc1C. The van der Waals surface area contributed by atoms with E-state index < -0.39 is 0 Å². The number of rotatable bonds is 3. The van der Waals surface area contributed by atoms with E-state index >= 15 is 0 Å². The molecule has 0 unspecified atom stereocenters. The number of aryl methyl sites for hydroxylation is 3. The Morgan fingerprint density at radius 1 is 1.23 bits per heavy atom. The van der Waals surface area contributed by atoms with Crippen LogP contribution in [-0.2, 0) is 6.42 Å². The smallest absolute Gasteiger partial charge is 0.0881 e. The topological polar surface area (TPSA) is 36.2 Å². The van der Waals surface area contributed by atoms with Crippen LogP contribution in [0.15, 0.2) is 17.2 Å². The standard InChI is InChI=1S/C11H16N2/c1-4-5-10-6-9(3)11(13-12)7-8(10)2/h6-7,12H,4-5H2,1-3H3. The molecule has 70 valence electrons. The zero-order valence-electron chi connectivity index (χ0n) is 8.52. The molecule has 0 atom stereocenters. The van der Waals surface area contributed by atoms with Crippen LogP contribution in [0.2, 0.25) is 0 Å². The van der Waals surface area contributed by atoms with E-state index in [1.54, 1.807) is 0 Å². The maximum atomic E-state index is 6.98. The van der Waals surface area contributed by atoms with Crippen LogP contribution in [0.1, 0.15) is 30.0 Å². The van der Waals surface area contributed by atoms with Crippen molar-refractivity contribution in [2.45, 2.75) is 33.6 Å². The summed E-state index contributed by atoms with van der Waals surface area (Å²) >= 11 is 0. The first-order valence-electron chi connectivity index (χ1n) is 4.66. The first-order valence-corrected chi connectivity index (χ1v) is 4.66. The molecular formula is C11H16N2. The Hall–Kier alpha value is -1.18. The summed E-state index contributed by atoms with van der Waals surface area (Å²) in [5.74, 6) is 0. The Bertz CT molecular complexity index is 316. The van der Waals surface area contributed by atoms with Gasteiger partial charge in [0.2, 0.25) is 0 Å². The molecule has 0 saturated carbocycles. The summed E-state index contributed by atoms with van der Waals surface area (Å²) in [6.45, 7) is 6.27. The average Bonchev–Trinajstić information content (AvgIpc) is 2.11. The van der Waals surface area contributed by atoms with Crippen LogP contribution in [0.25, 0.3) is 0 Å². The van der Waals surface area contributed by atoms with Crippen molar-refractivity contribution in [2.24, 2.45) is 5.11 Å². The first kappa shape index (κ1) is 9.90. The highest BCUT2D eigenvalue weighted by molar-refractivity contribution is 5.50. The van der Waals surface area contributed by atoms with Crippen LogP contribution in [-0.4, -0.2) is 0 Å². The summed E-state index contributed by atoms with van der Waals surface area (Å²) in [6, 6.07) is 4.14. The van der Waals surface area contributed by atoms with E-state index in [9.17, 15) is 0 Å². The molecule has 0 fully saturated rings. The van der Waals surface area contributed by atoms with Crippen molar-refractivity contribution in [2.75, 3.05) is 0 Å². The molecule has 13 heavy (non-hydrogen) atoms. The van der Waals surface area contributed by atoms with Crippen molar-refractivity contribution >= 4 is 5.69 Å². The molecule has 0 aliphatic heterocycles.